The summed E-state index contributed by atoms with van der Waals surface area (Å²) >= 11 is 0. The number of aryl methyl sites for hydroxylation is 1. The number of nitrogens with one attached hydrogen (secondary N) is 1. The molecule has 1 heterocycles. The Morgan fingerprint density at radius 3 is 2.56 bits per heavy atom. The van der Waals surface area contributed by atoms with Crippen molar-refractivity contribution in [2.75, 3.05) is 13.2 Å². The van der Waals surface area contributed by atoms with Crippen LogP contribution in [0.3, 0.4) is 0 Å². The van der Waals surface area contributed by atoms with E-state index >= 15 is 0 Å². The van der Waals surface area contributed by atoms with Crippen molar-refractivity contribution in [2.24, 2.45) is 5.41 Å². The van der Waals surface area contributed by atoms with Gasteiger partial charge in [0.25, 0.3) is 5.91 Å². The molecule has 0 atom stereocenters. The van der Waals surface area contributed by atoms with E-state index in [9.17, 15) is 9.90 Å². The fraction of sp³-hybridized carbons (Fsp3) is 0.643. The Kier molecular flexibility index (Phi) is 5.41. The first-order chi connectivity index (χ1) is 8.62. The number of hydrogen-bond donors (Lipinski definition) is 2. The summed E-state index contributed by atoms with van der Waals surface area (Å²) in [6.45, 7) is 6.59. The number of hydrogen-bond acceptors (Lipinski definition) is 3. The summed E-state index contributed by atoms with van der Waals surface area (Å²) in [5, 5.41) is 12.3. The van der Waals surface area contributed by atoms with E-state index in [2.05, 4.69) is 5.32 Å². The lowest BCUT2D eigenvalue weighted by molar-refractivity contribution is 0.0849. The van der Waals surface area contributed by atoms with Crippen molar-refractivity contribution in [1.82, 2.24) is 5.32 Å². The lowest BCUT2D eigenvalue weighted by Crippen LogP contribution is -2.39. The third kappa shape index (κ3) is 3.13. The van der Waals surface area contributed by atoms with Gasteiger partial charge < -0.3 is 14.8 Å². The molecule has 4 nitrogen and oxygen atoms in total. The van der Waals surface area contributed by atoms with E-state index in [4.69, 9.17) is 4.42 Å². The van der Waals surface area contributed by atoms with Crippen LogP contribution in [0.15, 0.2) is 16.7 Å². The Morgan fingerprint density at radius 2 is 2.06 bits per heavy atom. The summed E-state index contributed by atoms with van der Waals surface area (Å²) in [4.78, 5) is 12.0. The Balaban J connectivity index is 2.66. The Bertz CT molecular complexity index is 372. The molecule has 1 aromatic rings. The average Bonchev–Trinajstić information content (AvgIpc) is 2.89. The molecule has 0 fully saturated rings. The molecule has 0 radical (unpaired) electrons. The SMILES string of the molecule is CCc1occc1C(=O)NCC(CC)(CC)CO. The molecule has 2 N–H and O–H groups in total. The maximum absolute atomic E-state index is 12.0. The molecular weight excluding hydrogens is 230 g/mol. The highest BCUT2D eigenvalue weighted by Gasteiger charge is 2.26. The van der Waals surface area contributed by atoms with E-state index in [1.165, 1.54) is 6.26 Å². The molecule has 0 spiro atoms. The van der Waals surface area contributed by atoms with Crippen LogP contribution in [0, 0.1) is 5.41 Å². The fourth-order valence-corrected chi connectivity index (χ4v) is 1.96. The summed E-state index contributed by atoms with van der Waals surface area (Å²) in [7, 11) is 0. The average molecular weight is 253 g/mol. The Hall–Kier alpha value is -1.29. The highest BCUT2D eigenvalue weighted by atomic mass is 16.3. The van der Waals surface area contributed by atoms with Crippen molar-refractivity contribution in [3.05, 3.63) is 23.7 Å². The quantitative estimate of drug-likeness (QED) is 0.784. The number of amides is 1. The van der Waals surface area contributed by atoms with E-state index in [1.807, 2.05) is 20.8 Å². The van der Waals surface area contributed by atoms with Crippen LogP contribution in [0.2, 0.25) is 0 Å². The molecule has 4 heteroatoms. The van der Waals surface area contributed by atoms with Gasteiger partial charge in [0.2, 0.25) is 0 Å². The first-order valence-corrected chi connectivity index (χ1v) is 6.57. The van der Waals surface area contributed by atoms with Gasteiger partial charge in [-0.1, -0.05) is 20.8 Å². The number of aliphatic hydroxyl groups is 1. The molecule has 18 heavy (non-hydrogen) atoms. The predicted molar refractivity (Wildman–Crippen MR) is 70.5 cm³/mol. The van der Waals surface area contributed by atoms with Crippen LogP contribution in [0.4, 0.5) is 0 Å². The zero-order chi connectivity index (χ0) is 13.6. The molecule has 0 aliphatic heterocycles. The molecule has 1 aromatic heterocycles. The Morgan fingerprint density at radius 1 is 1.39 bits per heavy atom. The molecule has 0 bridgehead atoms. The van der Waals surface area contributed by atoms with Gasteiger partial charge in [0, 0.05) is 18.4 Å². The van der Waals surface area contributed by atoms with Crippen molar-refractivity contribution in [2.45, 2.75) is 40.0 Å². The molecule has 1 rings (SSSR count). The molecule has 0 aliphatic rings. The standard InChI is InChI=1S/C14H23NO3/c1-4-12-11(7-8-18-12)13(17)15-9-14(5-2,6-3)10-16/h7-8,16H,4-6,9-10H2,1-3H3,(H,15,17). The molecule has 0 saturated heterocycles. The molecule has 0 aromatic carbocycles. The number of carbonyl (C=O) groups is 1. The van der Waals surface area contributed by atoms with E-state index < -0.39 is 0 Å². The highest BCUT2D eigenvalue weighted by molar-refractivity contribution is 5.95. The van der Waals surface area contributed by atoms with Gasteiger partial charge in [-0.05, 0) is 18.9 Å². The van der Waals surface area contributed by atoms with Crippen molar-refractivity contribution in [3.63, 3.8) is 0 Å². The number of carbonyl (C=O) groups excluding carboxylic acids is 1. The molecule has 0 saturated carbocycles. The van der Waals surface area contributed by atoms with E-state index in [0.717, 1.165) is 12.8 Å². The van der Waals surface area contributed by atoms with E-state index in [1.54, 1.807) is 6.07 Å². The van der Waals surface area contributed by atoms with Gasteiger partial charge in [-0.25, -0.2) is 0 Å². The lowest BCUT2D eigenvalue weighted by Gasteiger charge is -2.29. The van der Waals surface area contributed by atoms with Gasteiger partial charge >= 0.3 is 0 Å². The largest absolute Gasteiger partial charge is 0.469 e. The predicted octanol–water partition coefficient (Wildman–Crippen LogP) is 2.37. The smallest absolute Gasteiger partial charge is 0.254 e. The molecular formula is C14H23NO3. The third-order valence-electron chi connectivity index (χ3n) is 3.77. The summed E-state index contributed by atoms with van der Waals surface area (Å²) in [5.74, 6) is 0.579. The molecule has 0 aliphatic carbocycles. The van der Waals surface area contributed by atoms with Crippen molar-refractivity contribution in [1.29, 1.82) is 0 Å². The van der Waals surface area contributed by atoms with Crippen LogP contribution in [0.5, 0.6) is 0 Å². The summed E-state index contributed by atoms with van der Waals surface area (Å²) in [5.41, 5.74) is 0.378. The Labute approximate surface area is 108 Å². The monoisotopic (exact) mass is 253 g/mol. The van der Waals surface area contributed by atoms with Crippen LogP contribution in [0.25, 0.3) is 0 Å². The third-order valence-corrected chi connectivity index (χ3v) is 3.77. The number of rotatable bonds is 7. The minimum Gasteiger partial charge on any atom is -0.469 e. The van der Waals surface area contributed by atoms with Crippen molar-refractivity contribution < 1.29 is 14.3 Å². The van der Waals surface area contributed by atoms with Gasteiger partial charge in [0.15, 0.2) is 0 Å². The lowest BCUT2D eigenvalue weighted by atomic mass is 9.83. The van der Waals surface area contributed by atoms with Crippen molar-refractivity contribution in [3.8, 4) is 0 Å². The van der Waals surface area contributed by atoms with Gasteiger partial charge in [-0.2, -0.15) is 0 Å². The second kappa shape index (κ2) is 6.59. The zero-order valence-corrected chi connectivity index (χ0v) is 11.5. The summed E-state index contributed by atoms with van der Waals surface area (Å²) < 4.78 is 5.24. The topological polar surface area (TPSA) is 62.5 Å². The van der Waals surface area contributed by atoms with Gasteiger partial charge in [-0.3, -0.25) is 4.79 Å². The van der Waals surface area contributed by atoms with Crippen LogP contribution in [0.1, 0.15) is 49.7 Å². The second-order valence-electron chi connectivity index (χ2n) is 4.66. The highest BCUT2D eigenvalue weighted by Crippen LogP contribution is 2.24. The zero-order valence-electron chi connectivity index (χ0n) is 11.5. The second-order valence-corrected chi connectivity index (χ2v) is 4.66. The number of aliphatic hydroxyl groups excluding tert-OH is 1. The van der Waals surface area contributed by atoms with Gasteiger partial charge in [0.05, 0.1) is 18.4 Å². The molecule has 0 unspecified atom stereocenters. The fourth-order valence-electron chi connectivity index (χ4n) is 1.96. The minimum absolute atomic E-state index is 0.0896. The van der Waals surface area contributed by atoms with Crippen molar-refractivity contribution >= 4 is 5.91 Å². The first-order valence-electron chi connectivity index (χ1n) is 6.57. The van der Waals surface area contributed by atoms with Gasteiger partial charge in [-0.15, -0.1) is 0 Å². The number of furan rings is 1. The maximum Gasteiger partial charge on any atom is 0.254 e. The van der Waals surface area contributed by atoms with Crippen LogP contribution < -0.4 is 5.32 Å². The maximum atomic E-state index is 12.0. The first kappa shape index (κ1) is 14.8. The summed E-state index contributed by atoms with van der Waals surface area (Å²) in [6, 6.07) is 1.69. The van der Waals surface area contributed by atoms with Crippen LogP contribution >= 0.6 is 0 Å². The molecule has 1 amide bonds. The minimum atomic E-state index is -0.216. The van der Waals surface area contributed by atoms with E-state index in [-0.39, 0.29) is 17.9 Å². The van der Waals surface area contributed by atoms with Crippen LogP contribution in [-0.4, -0.2) is 24.2 Å². The molecule has 102 valence electrons. The van der Waals surface area contributed by atoms with Crippen LogP contribution in [-0.2, 0) is 6.42 Å². The van der Waals surface area contributed by atoms with Gasteiger partial charge in [0.1, 0.15) is 5.76 Å². The summed E-state index contributed by atoms with van der Waals surface area (Å²) in [6.07, 6.45) is 3.91. The van der Waals surface area contributed by atoms with E-state index in [0.29, 0.717) is 24.3 Å². The normalized spacial score (nSPS) is 11.6.